The third-order valence-corrected chi connectivity index (χ3v) is 10.6. The molecule has 15 heteroatoms. The highest BCUT2D eigenvalue weighted by atomic mass is 16.7. The highest BCUT2D eigenvalue weighted by molar-refractivity contribution is 5.70. The zero-order valence-electron chi connectivity index (χ0n) is 40.0. The van der Waals surface area contributed by atoms with Crippen LogP contribution in [-0.4, -0.2) is 142 Å². The predicted molar refractivity (Wildman–Crippen MR) is 261 cm³/mol. The minimum Gasteiger partial charge on any atom is -0.462 e. The molecule has 5 unspecified atom stereocenters. The molecule has 2 saturated heterocycles. The average molecular weight is 957 g/mol. The molecule has 0 spiro atoms. The second-order valence-corrected chi connectivity index (χ2v) is 16.3. The van der Waals surface area contributed by atoms with E-state index < -0.39 is 99.3 Å². The molecule has 2 heterocycles. The number of aliphatic hydroxyl groups excluding tert-OH is 7. The molecule has 2 fully saturated rings. The molecular weight excluding hydrogens is 877 g/mol. The van der Waals surface area contributed by atoms with Crippen molar-refractivity contribution in [2.24, 2.45) is 0 Å². The van der Waals surface area contributed by atoms with Crippen molar-refractivity contribution in [2.45, 2.75) is 171 Å². The van der Waals surface area contributed by atoms with Gasteiger partial charge in [0.15, 0.2) is 18.7 Å². The average Bonchev–Trinajstić information content (AvgIpc) is 3.33. The van der Waals surface area contributed by atoms with E-state index in [9.17, 15) is 45.3 Å². The van der Waals surface area contributed by atoms with Crippen molar-refractivity contribution in [3.8, 4) is 0 Å². The van der Waals surface area contributed by atoms with Gasteiger partial charge >= 0.3 is 11.9 Å². The van der Waals surface area contributed by atoms with E-state index in [-0.39, 0.29) is 19.4 Å². The van der Waals surface area contributed by atoms with Crippen LogP contribution in [0.1, 0.15) is 104 Å². The van der Waals surface area contributed by atoms with E-state index >= 15 is 0 Å². The fourth-order valence-corrected chi connectivity index (χ4v) is 6.62. The highest BCUT2D eigenvalue weighted by Gasteiger charge is 2.47. The summed E-state index contributed by atoms with van der Waals surface area (Å²) < 4.78 is 33.4. The summed E-state index contributed by atoms with van der Waals surface area (Å²) in [7, 11) is 0. The Labute approximate surface area is 403 Å². The minimum atomic E-state index is -1.79. The Bertz CT molecular complexity index is 1640. The number of hydrogen-bond donors (Lipinski definition) is 7. The lowest BCUT2D eigenvalue weighted by Crippen LogP contribution is -2.61. The molecular formula is C53H80O15. The molecule has 0 saturated carbocycles. The third-order valence-electron chi connectivity index (χ3n) is 10.6. The van der Waals surface area contributed by atoms with Crippen LogP contribution in [0.2, 0.25) is 0 Å². The lowest BCUT2D eigenvalue weighted by Gasteiger charge is -2.42. The van der Waals surface area contributed by atoms with Crippen molar-refractivity contribution in [2.75, 3.05) is 26.4 Å². The molecule has 0 aromatic rings. The van der Waals surface area contributed by atoms with Crippen LogP contribution in [-0.2, 0) is 38.0 Å². The van der Waals surface area contributed by atoms with Gasteiger partial charge in [0.05, 0.1) is 19.8 Å². The summed E-state index contributed by atoms with van der Waals surface area (Å²) >= 11 is 0. The maximum Gasteiger partial charge on any atom is 0.306 e. The van der Waals surface area contributed by atoms with Gasteiger partial charge in [-0.15, -0.1) is 0 Å². The maximum atomic E-state index is 12.9. The smallest absolute Gasteiger partial charge is 0.306 e. The van der Waals surface area contributed by atoms with Gasteiger partial charge in [0.2, 0.25) is 0 Å². The first-order chi connectivity index (χ1) is 33.0. The third kappa shape index (κ3) is 26.6. The summed E-state index contributed by atoms with van der Waals surface area (Å²) in [6.07, 6.45) is 33.9. The van der Waals surface area contributed by atoms with Gasteiger partial charge in [-0.05, 0) is 70.6 Å². The molecule has 0 aliphatic carbocycles. The van der Waals surface area contributed by atoms with E-state index in [1.807, 2.05) is 54.7 Å². The number of allylic oxidation sites excluding steroid dienone is 20. The summed E-state index contributed by atoms with van der Waals surface area (Å²) in [5.74, 6) is -1.07. The van der Waals surface area contributed by atoms with Crippen LogP contribution < -0.4 is 0 Å². The fourth-order valence-electron chi connectivity index (χ4n) is 6.62. The first-order valence-electron chi connectivity index (χ1n) is 24.2. The molecule has 7 N–H and O–H groups in total. The Hall–Kier alpha value is -4.10. The largest absolute Gasteiger partial charge is 0.462 e. The molecule has 0 bridgehead atoms. The van der Waals surface area contributed by atoms with Crippen molar-refractivity contribution < 1.29 is 73.8 Å². The van der Waals surface area contributed by atoms with Gasteiger partial charge in [-0.1, -0.05) is 142 Å². The first kappa shape index (κ1) is 60.0. The van der Waals surface area contributed by atoms with E-state index in [0.29, 0.717) is 19.3 Å². The van der Waals surface area contributed by atoms with Crippen LogP contribution in [0.15, 0.2) is 122 Å². The molecule has 0 aromatic carbocycles. The molecule has 11 atom stereocenters. The maximum absolute atomic E-state index is 12.9. The Kier molecular flexibility index (Phi) is 34.2. The minimum absolute atomic E-state index is 0.0528. The van der Waals surface area contributed by atoms with Crippen molar-refractivity contribution in [1.29, 1.82) is 0 Å². The van der Waals surface area contributed by atoms with Crippen LogP contribution in [0, 0.1) is 0 Å². The number of aliphatic hydroxyl groups is 7. The number of ether oxygens (including phenoxy) is 6. The zero-order chi connectivity index (χ0) is 49.6. The topological polar surface area (TPSA) is 231 Å². The van der Waals surface area contributed by atoms with Gasteiger partial charge in [0, 0.05) is 12.8 Å². The van der Waals surface area contributed by atoms with Crippen molar-refractivity contribution in [3.05, 3.63) is 122 Å². The Morgan fingerprint density at radius 2 is 0.971 bits per heavy atom. The van der Waals surface area contributed by atoms with Crippen LogP contribution >= 0.6 is 0 Å². The Balaban J connectivity index is 1.87. The summed E-state index contributed by atoms with van der Waals surface area (Å²) in [5.41, 5.74) is 0. The molecule has 0 aromatic heterocycles. The molecule has 15 nitrogen and oxygen atoms in total. The Morgan fingerprint density at radius 3 is 1.56 bits per heavy atom. The van der Waals surface area contributed by atoms with Crippen molar-refractivity contribution in [1.82, 2.24) is 0 Å². The second-order valence-electron chi connectivity index (χ2n) is 16.3. The summed E-state index contributed by atoms with van der Waals surface area (Å²) in [6.45, 7) is 2.17. The van der Waals surface area contributed by atoms with Crippen LogP contribution in [0.5, 0.6) is 0 Å². The fraction of sp³-hybridized carbons (Fsp3) is 0.585. The van der Waals surface area contributed by atoms with Gasteiger partial charge < -0.3 is 64.2 Å². The number of unbranched alkanes of at least 4 members (excludes halogenated alkanes) is 4. The van der Waals surface area contributed by atoms with Crippen molar-refractivity contribution in [3.63, 3.8) is 0 Å². The zero-order valence-corrected chi connectivity index (χ0v) is 40.0. The number of rotatable bonds is 34. The van der Waals surface area contributed by atoms with E-state index in [4.69, 9.17) is 28.4 Å². The van der Waals surface area contributed by atoms with Crippen LogP contribution in [0.25, 0.3) is 0 Å². The number of carbonyl (C=O) groups is 2. The van der Waals surface area contributed by atoms with Gasteiger partial charge in [0.1, 0.15) is 55.4 Å². The SMILES string of the molecule is CC/C=C/C=C/C=C/C=C/C=C/CCCC(=O)OC(COC(=O)CCCCC/C=C/C/C=C/C/C=C/C/C=C/C/C=C/CC)CO[C@@H]1O[C@H](CO[C@@H]2O[C@H](CO)[C@H](O)C(O)C2O)[C@H](O)C(O)C1O. The van der Waals surface area contributed by atoms with Crippen LogP contribution in [0.3, 0.4) is 0 Å². The lowest BCUT2D eigenvalue weighted by atomic mass is 9.98. The van der Waals surface area contributed by atoms with Crippen LogP contribution in [0.4, 0.5) is 0 Å². The molecule has 2 aliphatic rings. The summed E-state index contributed by atoms with van der Waals surface area (Å²) in [6, 6.07) is 0. The van der Waals surface area contributed by atoms with Gasteiger partial charge in [0.25, 0.3) is 0 Å². The lowest BCUT2D eigenvalue weighted by molar-refractivity contribution is -0.332. The molecule has 2 rings (SSSR count). The van der Waals surface area contributed by atoms with Crippen molar-refractivity contribution >= 4 is 11.9 Å². The van der Waals surface area contributed by atoms with E-state index in [1.54, 1.807) is 0 Å². The molecule has 382 valence electrons. The monoisotopic (exact) mass is 957 g/mol. The van der Waals surface area contributed by atoms with Gasteiger partial charge in [-0.25, -0.2) is 0 Å². The highest BCUT2D eigenvalue weighted by Crippen LogP contribution is 2.26. The summed E-state index contributed by atoms with van der Waals surface area (Å²) in [5, 5.41) is 72.0. The number of esters is 2. The van der Waals surface area contributed by atoms with Gasteiger partial charge in [-0.3, -0.25) is 9.59 Å². The Morgan fingerprint density at radius 1 is 0.485 bits per heavy atom. The van der Waals surface area contributed by atoms with E-state index in [0.717, 1.165) is 57.8 Å². The number of hydrogen-bond acceptors (Lipinski definition) is 15. The summed E-state index contributed by atoms with van der Waals surface area (Å²) in [4.78, 5) is 25.7. The van der Waals surface area contributed by atoms with E-state index in [1.165, 1.54) is 0 Å². The van der Waals surface area contributed by atoms with Gasteiger partial charge in [-0.2, -0.15) is 0 Å². The predicted octanol–water partition coefficient (Wildman–Crippen LogP) is 6.15. The first-order valence-corrected chi connectivity index (χ1v) is 24.2. The normalized spacial score (nSPS) is 26.8. The van der Waals surface area contributed by atoms with E-state index in [2.05, 4.69) is 80.7 Å². The second kappa shape index (κ2) is 38.7. The quantitative estimate of drug-likeness (QED) is 0.0166. The number of carbonyl (C=O) groups excluding carboxylic acids is 2. The molecule has 2 aliphatic heterocycles. The molecule has 0 amide bonds. The standard InChI is InChI=1S/C53H80O15/c1-3-5-7-9-11-13-15-17-18-19-20-21-22-24-25-27-29-31-33-35-44(55)63-38-41(66-45(56)36-34-32-30-28-26-23-16-14-12-10-8-6-4-2)39-64-52-51(62)49(60)47(58)43(68-52)40-65-53-50(61)48(59)46(57)42(37-54)67-53/h5-8,10-14,16-18,20-21,23-26,28,30,41-43,46-54,57-62H,3-4,9,15,19,22,27,29,31-40H2,1-2H3/b7-5+,8-6+,12-10+,13-11+,16-14+,18-17+,21-20+,25-24+,26-23+,30-28+/t41?,42-,43-,46+,47+,48?,49?,50?,51?,52-,53-/m1/s1. The molecule has 68 heavy (non-hydrogen) atoms. The molecule has 0 radical (unpaired) electrons.